The van der Waals surface area contributed by atoms with Crippen LogP contribution in [0, 0.1) is 0 Å². The highest BCUT2D eigenvalue weighted by Crippen LogP contribution is 2.23. The number of carbonyl (C=O) groups is 1. The van der Waals surface area contributed by atoms with Crippen LogP contribution in [0.3, 0.4) is 0 Å². The zero-order valence-electron chi connectivity index (χ0n) is 9.81. The minimum Gasteiger partial charge on any atom is -0.395 e. The van der Waals surface area contributed by atoms with Gasteiger partial charge in [-0.15, -0.1) is 0 Å². The first kappa shape index (κ1) is 11.7. The van der Waals surface area contributed by atoms with Crippen molar-refractivity contribution in [1.29, 1.82) is 0 Å². The third-order valence-corrected chi connectivity index (χ3v) is 2.94. The van der Waals surface area contributed by atoms with E-state index in [0.29, 0.717) is 12.1 Å². The molecule has 0 spiro atoms. The Kier molecular flexibility index (Phi) is 3.44. The molecular weight excluding hydrogens is 216 g/mol. The largest absolute Gasteiger partial charge is 0.395 e. The van der Waals surface area contributed by atoms with Gasteiger partial charge in [-0.1, -0.05) is 0 Å². The number of nitrogens with zero attached hydrogens (tertiary/aromatic N) is 1. The Hall–Kier alpha value is -1.81. The summed E-state index contributed by atoms with van der Waals surface area (Å²) in [6, 6.07) is 5.93. The zero-order valence-corrected chi connectivity index (χ0v) is 9.81. The van der Waals surface area contributed by atoms with Crippen LogP contribution in [0.1, 0.15) is 17.3 Å². The van der Waals surface area contributed by atoms with Crippen molar-refractivity contribution >= 4 is 22.9 Å². The molecule has 1 aromatic heterocycles. The van der Waals surface area contributed by atoms with E-state index in [-0.39, 0.29) is 6.61 Å². The van der Waals surface area contributed by atoms with Crippen molar-refractivity contribution in [3.8, 4) is 0 Å². The molecule has 0 saturated heterocycles. The summed E-state index contributed by atoms with van der Waals surface area (Å²) in [6.07, 6.45) is 2.56. The van der Waals surface area contributed by atoms with Crippen LogP contribution in [-0.2, 0) is 0 Å². The number of hydrogen-bond donors (Lipinski definition) is 2. The number of carbonyl (C=O) groups excluding carboxylic acids is 1. The lowest BCUT2D eigenvalue weighted by atomic mass is 10.1. The lowest BCUT2D eigenvalue weighted by molar-refractivity contribution is 0.112. The fraction of sp³-hybridized carbons (Fsp3) is 0.308. The third kappa shape index (κ3) is 2.17. The summed E-state index contributed by atoms with van der Waals surface area (Å²) >= 11 is 0. The average Bonchev–Trinajstić information content (AvgIpc) is 2.77. The molecule has 0 radical (unpaired) electrons. The van der Waals surface area contributed by atoms with Crippen molar-refractivity contribution in [3.05, 3.63) is 30.0 Å². The molecule has 0 atom stereocenters. The molecule has 4 heteroatoms. The first-order valence-corrected chi connectivity index (χ1v) is 5.72. The number of likely N-dealkylation sites (N-methyl/N-ethyl adjacent to an activating group) is 1. The monoisotopic (exact) mass is 232 g/mol. The molecular formula is C13H16N2O2. The molecule has 2 rings (SSSR count). The molecule has 0 aliphatic rings. The first-order chi connectivity index (χ1) is 8.30. The van der Waals surface area contributed by atoms with Crippen molar-refractivity contribution in [2.24, 2.45) is 0 Å². The van der Waals surface area contributed by atoms with E-state index in [4.69, 9.17) is 5.11 Å². The number of aromatic amines is 1. The normalized spacial score (nSPS) is 10.7. The van der Waals surface area contributed by atoms with Crippen LogP contribution in [0.15, 0.2) is 24.4 Å². The molecule has 0 aliphatic heterocycles. The standard InChI is InChI=1S/C13H16N2O2/c1-2-15(5-6-16)11-3-4-13-12(7-11)10(9-17)8-14-13/h3-4,7-9,14,16H,2,5-6H2,1H3. The average molecular weight is 232 g/mol. The number of aromatic nitrogens is 1. The van der Waals surface area contributed by atoms with Crippen LogP contribution < -0.4 is 4.90 Å². The van der Waals surface area contributed by atoms with Gasteiger partial charge in [0.15, 0.2) is 6.29 Å². The van der Waals surface area contributed by atoms with Gasteiger partial charge >= 0.3 is 0 Å². The maximum atomic E-state index is 10.9. The number of aliphatic hydroxyl groups is 1. The molecule has 1 aromatic carbocycles. The summed E-state index contributed by atoms with van der Waals surface area (Å²) in [7, 11) is 0. The highest BCUT2D eigenvalue weighted by atomic mass is 16.3. The molecule has 1 heterocycles. The predicted octanol–water partition coefficient (Wildman–Crippen LogP) is 1.80. The number of rotatable bonds is 5. The molecule has 90 valence electrons. The van der Waals surface area contributed by atoms with E-state index < -0.39 is 0 Å². The molecule has 4 nitrogen and oxygen atoms in total. The molecule has 0 aliphatic carbocycles. The van der Waals surface area contributed by atoms with Crippen LogP contribution in [-0.4, -0.2) is 36.1 Å². The lowest BCUT2D eigenvalue weighted by Crippen LogP contribution is -2.25. The molecule has 0 saturated carbocycles. The summed E-state index contributed by atoms with van der Waals surface area (Å²) < 4.78 is 0. The Morgan fingerprint density at radius 2 is 2.29 bits per heavy atom. The lowest BCUT2D eigenvalue weighted by Gasteiger charge is -2.22. The van der Waals surface area contributed by atoms with Gasteiger partial charge < -0.3 is 15.0 Å². The number of aliphatic hydroxyl groups excluding tert-OH is 1. The summed E-state index contributed by atoms with van der Waals surface area (Å²) in [5.41, 5.74) is 2.65. The number of H-pyrrole nitrogens is 1. The highest BCUT2D eigenvalue weighted by molar-refractivity contribution is 5.98. The summed E-state index contributed by atoms with van der Waals surface area (Å²) in [6.45, 7) is 3.59. The van der Waals surface area contributed by atoms with E-state index in [2.05, 4.69) is 9.88 Å². The van der Waals surface area contributed by atoms with Crippen LogP contribution in [0.2, 0.25) is 0 Å². The van der Waals surface area contributed by atoms with E-state index in [9.17, 15) is 4.79 Å². The molecule has 0 fully saturated rings. The van der Waals surface area contributed by atoms with E-state index in [1.807, 2.05) is 25.1 Å². The summed E-state index contributed by atoms with van der Waals surface area (Å²) in [5, 5.41) is 9.92. The summed E-state index contributed by atoms with van der Waals surface area (Å²) in [5.74, 6) is 0. The fourth-order valence-corrected chi connectivity index (χ4v) is 2.01. The van der Waals surface area contributed by atoms with Crippen LogP contribution in [0.25, 0.3) is 10.9 Å². The van der Waals surface area contributed by atoms with E-state index >= 15 is 0 Å². The van der Waals surface area contributed by atoms with Gasteiger partial charge in [-0.2, -0.15) is 0 Å². The van der Waals surface area contributed by atoms with E-state index in [1.54, 1.807) is 6.20 Å². The van der Waals surface area contributed by atoms with E-state index in [1.165, 1.54) is 0 Å². The zero-order chi connectivity index (χ0) is 12.3. The Morgan fingerprint density at radius 1 is 1.47 bits per heavy atom. The molecule has 0 bridgehead atoms. The van der Waals surface area contributed by atoms with Gasteiger partial charge in [-0.3, -0.25) is 4.79 Å². The van der Waals surface area contributed by atoms with E-state index in [0.717, 1.165) is 29.4 Å². The van der Waals surface area contributed by atoms with Gasteiger partial charge in [0.2, 0.25) is 0 Å². The molecule has 0 unspecified atom stereocenters. The second-order valence-corrected chi connectivity index (χ2v) is 3.90. The van der Waals surface area contributed by atoms with Gasteiger partial charge in [0, 0.05) is 41.4 Å². The number of fused-ring (bicyclic) bond motifs is 1. The van der Waals surface area contributed by atoms with Gasteiger partial charge in [-0.25, -0.2) is 0 Å². The minimum atomic E-state index is 0.125. The van der Waals surface area contributed by atoms with Crippen molar-refractivity contribution in [2.45, 2.75) is 6.92 Å². The van der Waals surface area contributed by atoms with Gasteiger partial charge in [0.1, 0.15) is 0 Å². The smallest absolute Gasteiger partial charge is 0.152 e. The molecule has 17 heavy (non-hydrogen) atoms. The Balaban J connectivity index is 2.44. The summed E-state index contributed by atoms with van der Waals surface area (Å²) in [4.78, 5) is 16.0. The number of anilines is 1. The molecule has 2 N–H and O–H groups in total. The number of nitrogens with one attached hydrogen (secondary N) is 1. The van der Waals surface area contributed by atoms with Crippen molar-refractivity contribution < 1.29 is 9.90 Å². The number of aldehydes is 1. The van der Waals surface area contributed by atoms with Crippen LogP contribution >= 0.6 is 0 Å². The van der Waals surface area contributed by atoms with Crippen LogP contribution in [0.4, 0.5) is 5.69 Å². The second-order valence-electron chi connectivity index (χ2n) is 3.90. The van der Waals surface area contributed by atoms with Gasteiger partial charge in [0.25, 0.3) is 0 Å². The number of hydrogen-bond acceptors (Lipinski definition) is 3. The predicted molar refractivity (Wildman–Crippen MR) is 68.7 cm³/mol. The first-order valence-electron chi connectivity index (χ1n) is 5.72. The topological polar surface area (TPSA) is 56.3 Å². The molecule has 2 aromatic rings. The highest BCUT2D eigenvalue weighted by Gasteiger charge is 2.07. The SMILES string of the molecule is CCN(CCO)c1ccc2[nH]cc(C=O)c2c1. The van der Waals surface area contributed by atoms with Crippen molar-refractivity contribution in [3.63, 3.8) is 0 Å². The third-order valence-electron chi connectivity index (χ3n) is 2.94. The van der Waals surface area contributed by atoms with Crippen LogP contribution in [0.5, 0.6) is 0 Å². The Morgan fingerprint density at radius 3 is 2.94 bits per heavy atom. The van der Waals surface area contributed by atoms with Crippen molar-refractivity contribution in [2.75, 3.05) is 24.6 Å². The maximum Gasteiger partial charge on any atom is 0.152 e. The Labute approximate surface area is 99.9 Å². The minimum absolute atomic E-state index is 0.125. The maximum absolute atomic E-state index is 10.9. The quantitative estimate of drug-likeness (QED) is 0.773. The molecule has 0 amide bonds. The Bertz CT molecular complexity index is 519. The fourth-order valence-electron chi connectivity index (χ4n) is 2.01. The number of benzene rings is 1. The van der Waals surface area contributed by atoms with Crippen molar-refractivity contribution in [1.82, 2.24) is 4.98 Å². The second kappa shape index (κ2) is 5.01. The van der Waals surface area contributed by atoms with Gasteiger partial charge in [-0.05, 0) is 25.1 Å². The van der Waals surface area contributed by atoms with Gasteiger partial charge in [0.05, 0.1) is 6.61 Å².